The Morgan fingerprint density at radius 1 is 0.867 bits per heavy atom. The fraction of sp³-hybridized carbons (Fsp3) is 0.0417. The van der Waals surface area contributed by atoms with E-state index in [-0.39, 0.29) is 5.82 Å². The maximum Gasteiger partial charge on any atom is 0.187 e. The first-order chi connectivity index (χ1) is 14.7. The van der Waals surface area contributed by atoms with Crippen molar-refractivity contribution in [2.24, 2.45) is 0 Å². The molecular weight excluding hydrogens is 379 g/mol. The molecule has 0 amide bonds. The quantitative estimate of drug-likeness (QED) is 0.416. The summed E-state index contributed by atoms with van der Waals surface area (Å²) >= 11 is 0. The van der Waals surface area contributed by atoms with E-state index in [1.54, 1.807) is 19.2 Å². The summed E-state index contributed by atoms with van der Waals surface area (Å²) in [5, 5.41) is 8.78. The normalized spacial score (nSPS) is 11.5. The minimum atomic E-state index is -0.290. The molecule has 0 aliphatic carbocycles. The average molecular weight is 396 g/mol. The fourth-order valence-corrected chi connectivity index (χ4v) is 3.39. The van der Waals surface area contributed by atoms with Gasteiger partial charge < -0.3 is 4.74 Å². The zero-order valence-electron chi connectivity index (χ0n) is 16.2. The summed E-state index contributed by atoms with van der Waals surface area (Å²) in [5.41, 5.74) is 4.84. The molecule has 0 radical (unpaired) electrons. The van der Waals surface area contributed by atoms with Gasteiger partial charge in [-0.3, -0.25) is 4.40 Å². The number of para-hydroxylation sites is 2. The van der Waals surface area contributed by atoms with Gasteiger partial charge in [0.2, 0.25) is 0 Å². The van der Waals surface area contributed by atoms with Gasteiger partial charge in [-0.15, -0.1) is 10.2 Å². The van der Waals surface area contributed by atoms with E-state index in [0.717, 1.165) is 27.9 Å². The van der Waals surface area contributed by atoms with Crippen LogP contribution in [0.4, 0.5) is 4.39 Å². The zero-order valence-corrected chi connectivity index (χ0v) is 16.2. The van der Waals surface area contributed by atoms with Gasteiger partial charge in [0.1, 0.15) is 17.3 Å². The molecule has 0 N–H and O–H groups in total. The molecule has 0 unspecified atom stereocenters. The third kappa shape index (κ3) is 3.18. The van der Waals surface area contributed by atoms with Crippen LogP contribution < -0.4 is 4.74 Å². The third-order valence-electron chi connectivity index (χ3n) is 4.91. The monoisotopic (exact) mass is 396 g/mol. The van der Waals surface area contributed by atoms with Crippen LogP contribution in [-0.4, -0.2) is 26.7 Å². The Kier molecular flexibility index (Phi) is 4.44. The number of halogens is 1. The number of nitrogens with zero attached hydrogens (tertiary/aromatic N) is 4. The Morgan fingerprint density at radius 2 is 1.63 bits per heavy atom. The molecule has 146 valence electrons. The van der Waals surface area contributed by atoms with E-state index in [4.69, 9.17) is 9.72 Å². The summed E-state index contributed by atoms with van der Waals surface area (Å²) in [4.78, 5) is 4.78. The molecule has 0 fully saturated rings. The van der Waals surface area contributed by atoms with Crippen LogP contribution in [0.3, 0.4) is 0 Å². The second-order valence-corrected chi connectivity index (χ2v) is 6.78. The van der Waals surface area contributed by atoms with Crippen LogP contribution >= 0.6 is 0 Å². The number of hydrogen-bond acceptors (Lipinski definition) is 4. The first-order valence-corrected chi connectivity index (χ1v) is 9.45. The standard InChI is InChI=1S/C24H17FN4O/c1-30-19-13-6-16(7-14-19)8-15-21-24-28-27-23(17-9-11-18(25)12-10-17)29(24)22-5-3-2-4-20(22)26-21/h2-15H,1H3/b15-8+. The van der Waals surface area contributed by atoms with Gasteiger partial charge in [0.15, 0.2) is 11.5 Å². The molecule has 30 heavy (non-hydrogen) atoms. The molecule has 2 aromatic heterocycles. The minimum absolute atomic E-state index is 0.290. The van der Waals surface area contributed by atoms with Crippen LogP contribution in [0.1, 0.15) is 11.3 Å². The lowest BCUT2D eigenvalue weighted by Gasteiger charge is -2.07. The van der Waals surface area contributed by atoms with Crippen molar-refractivity contribution in [1.29, 1.82) is 0 Å². The fourth-order valence-electron chi connectivity index (χ4n) is 3.39. The van der Waals surface area contributed by atoms with Crippen LogP contribution in [0.2, 0.25) is 0 Å². The topological polar surface area (TPSA) is 52.3 Å². The molecule has 0 aliphatic rings. The second-order valence-electron chi connectivity index (χ2n) is 6.78. The van der Waals surface area contributed by atoms with Crippen molar-refractivity contribution in [1.82, 2.24) is 19.6 Å². The molecule has 0 aliphatic heterocycles. The van der Waals surface area contributed by atoms with E-state index >= 15 is 0 Å². The van der Waals surface area contributed by atoms with Crippen molar-refractivity contribution in [2.75, 3.05) is 7.11 Å². The smallest absolute Gasteiger partial charge is 0.187 e. The van der Waals surface area contributed by atoms with Crippen molar-refractivity contribution < 1.29 is 9.13 Å². The minimum Gasteiger partial charge on any atom is -0.497 e. The Labute approximate surface area is 172 Å². The molecule has 5 rings (SSSR count). The first-order valence-electron chi connectivity index (χ1n) is 9.45. The lowest BCUT2D eigenvalue weighted by Crippen LogP contribution is -1.97. The second kappa shape index (κ2) is 7.40. The largest absolute Gasteiger partial charge is 0.497 e. The van der Waals surface area contributed by atoms with Crippen molar-refractivity contribution in [3.8, 4) is 17.1 Å². The van der Waals surface area contributed by atoms with Gasteiger partial charge in [-0.25, -0.2) is 9.37 Å². The Morgan fingerprint density at radius 3 is 2.40 bits per heavy atom. The van der Waals surface area contributed by atoms with Crippen molar-refractivity contribution in [3.05, 3.63) is 89.9 Å². The summed E-state index contributed by atoms with van der Waals surface area (Å²) in [6.45, 7) is 0. The average Bonchev–Trinajstić information content (AvgIpc) is 3.24. The van der Waals surface area contributed by atoms with Crippen LogP contribution in [0.15, 0.2) is 72.8 Å². The van der Waals surface area contributed by atoms with Crippen molar-refractivity contribution in [2.45, 2.75) is 0 Å². The number of rotatable bonds is 4. The molecule has 3 aromatic carbocycles. The predicted octanol–water partition coefficient (Wildman–Crippen LogP) is 5.26. The molecule has 5 nitrogen and oxygen atoms in total. The van der Waals surface area contributed by atoms with E-state index in [1.807, 2.05) is 65.1 Å². The number of aromatic nitrogens is 4. The highest BCUT2D eigenvalue weighted by molar-refractivity contribution is 5.85. The van der Waals surface area contributed by atoms with E-state index in [2.05, 4.69) is 10.2 Å². The number of methoxy groups -OCH3 is 1. The SMILES string of the molecule is COc1ccc(/C=C/c2nc3ccccc3n3c(-c4ccc(F)cc4)nnc23)cc1. The van der Waals surface area contributed by atoms with Gasteiger partial charge in [0.05, 0.1) is 18.1 Å². The van der Waals surface area contributed by atoms with Gasteiger partial charge in [-0.1, -0.05) is 30.3 Å². The van der Waals surface area contributed by atoms with E-state index in [0.29, 0.717) is 17.2 Å². The summed E-state index contributed by atoms with van der Waals surface area (Å²) in [6, 6.07) is 21.8. The highest BCUT2D eigenvalue weighted by Crippen LogP contribution is 2.26. The lowest BCUT2D eigenvalue weighted by atomic mass is 10.2. The maximum absolute atomic E-state index is 13.4. The van der Waals surface area contributed by atoms with Crippen LogP contribution in [0.5, 0.6) is 5.75 Å². The van der Waals surface area contributed by atoms with Crippen LogP contribution in [-0.2, 0) is 0 Å². The lowest BCUT2D eigenvalue weighted by molar-refractivity contribution is 0.415. The number of ether oxygens (including phenoxy) is 1. The highest BCUT2D eigenvalue weighted by atomic mass is 19.1. The molecule has 0 saturated heterocycles. The van der Waals surface area contributed by atoms with Gasteiger partial charge in [0.25, 0.3) is 0 Å². The highest BCUT2D eigenvalue weighted by Gasteiger charge is 2.15. The molecule has 0 bridgehead atoms. The molecule has 6 heteroatoms. The summed E-state index contributed by atoms with van der Waals surface area (Å²) < 4.78 is 20.6. The predicted molar refractivity (Wildman–Crippen MR) is 116 cm³/mol. The molecular formula is C24H17FN4O. The van der Waals surface area contributed by atoms with Crippen molar-refractivity contribution >= 4 is 28.8 Å². The Hall–Kier alpha value is -4.06. The Bertz CT molecular complexity index is 1370. The molecule has 0 spiro atoms. The Balaban J connectivity index is 1.68. The van der Waals surface area contributed by atoms with E-state index in [1.165, 1.54) is 12.1 Å². The molecule has 5 aromatic rings. The van der Waals surface area contributed by atoms with Gasteiger partial charge in [-0.05, 0) is 60.2 Å². The summed E-state index contributed by atoms with van der Waals surface area (Å²) in [7, 11) is 1.64. The summed E-state index contributed by atoms with van der Waals surface area (Å²) in [6.07, 6.45) is 3.90. The van der Waals surface area contributed by atoms with Crippen LogP contribution in [0.25, 0.3) is 40.2 Å². The zero-order chi connectivity index (χ0) is 20.5. The first kappa shape index (κ1) is 18.0. The van der Waals surface area contributed by atoms with Gasteiger partial charge in [-0.2, -0.15) is 0 Å². The number of fused-ring (bicyclic) bond motifs is 3. The van der Waals surface area contributed by atoms with Crippen molar-refractivity contribution in [3.63, 3.8) is 0 Å². The molecule has 0 saturated carbocycles. The molecule has 0 atom stereocenters. The third-order valence-corrected chi connectivity index (χ3v) is 4.91. The summed E-state index contributed by atoms with van der Waals surface area (Å²) in [5.74, 6) is 1.16. The number of benzene rings is 3. The van der Waals surface area contributed by atoms with E-state index in [9.17, 15) is 4.39 Å². The van der Waals surface area contributed by atoms with Gasteiger partial charge >= 0.3 is 0 Å². The van der Waals surface area contributed by atoms with E-state index < -0.39 is 0 Å². The maximum atomic E-state index is 13.4. The van der Waals surface area contributed by atoms with Crippen LogP contribution in [0, 0.1) is 5.82 Å². The van der Waals surface area contributed by atoms with Gasteiger partial charge in [0, 0.05) is 5.56 Å². The molecule has 2 heterocycles. The number of hydrogen-bond donors (Lipinski definition) is 0.